The zero-order chi connectivity index (χ0) is 14.6. The predicted molar refractivity (Wildman–Crippen MR) is 74.4 cm³/mol. The van der Waals surface area contributed by atoms with Gasteiger partial charge in [0.1, 0.15) is 12.0 Å². The number of ether oxygens (including phenoxy) is 1. The van der Waals surface area contributed by atoms with Gasteiger partial charge in [0.25, 0.3) is 5.69 Å². The Labute approximate surface area is 113 Å². The Bertz CT molecular complexity index is 460. The van der Waals surface area contributed by atoms with Crippen LogP contribution >= 0.6 is 0 Å². The molecule has 0 amide bonds. The molecule has 1 heterocycles. The van der Waals surface area contributed by atoms with E-state index < -0.39 is 4.92 Å². The summed E-state index contributed by atoms with van der Waals surface area (Å²) < 4.78 is 5.37. The summed E-state index contributed by atoms with van der Waals surface area (Å²) in [5, 5.41) is 13.9. The lowest BCUT2D eigenvalue weighted by Crippen LogP contribution is -2.31. The average Bonchev–Trinajstić information content (AvgIpc) is 2.27. The standard InChI is InChI=1S/C13H21N3O3/c1-9-6-12(14-8-11(9)16(17)18)15-10(2)7-13(3,4)19-5/h6,8,10H,7H2,1-5H3,(H,14,15). The van der Waals surface area contributed by atoms with Crippen LogP contribution < -0.4 is 5.32 Å². The highest BCUT2D eigenvalue weighted by Gasteiger charge is 2.20. The molecule has 0 aromatic carbocycles. The maximum Gasteiger partial charge on any atom is 0.290 e. The van der Waals surface area contributed by atoms with E-state index in [-0.39, 0.29) is 17.3 Å². The molecule has 0 aliphatic rings. The normalized spacial score (nSPS) is 13.1. The van der Waals surface area contributed by atoms with Crippen LogP contribution in [0.4, 0.5) is 11.5 Å². The van der Waals surface area contributed by atoms with Crippen LogP contribution in [0, 0.1) is 17.0 Å². The van der Waals surface area contributed by atoms with Crippen LogP contribution in [-0.2, 0) is 4.74 Å². The number of nitrogens with one attached hydrogen (secondary N) is 1. The van der Waals surface area contributed by atoms with Crippen molar-refractivity contribution < 1.29 is 9.66 Å². The SMILES string of the molecule is COC(C)(C)CC(C)Nc1cc(C)c([N+](=O)[O-])cn1. The molecule has 0 saturated heterocycles. The average molecular weight is 267 g/mol. The quantitative estimate of drug-likeness (QED) is 0.633. The molecule has 0 aliphatic carbocycles. The van der Waals surface area contributed by atoms with E-state index >= 15 is 0 Å². The summed E-state index contributed by atoms with van der Waals surface area (Å²) in [5.74, 6) is 0.641. The van der Waals surface area contributed by atoms with Crippen molar-refractivity contribution in [2.24, 2.45) is 0 Å². The van der Waals surface area contributed by atoms with Crippen molar-refractivity contribution in [3.05, 3.63) is 27.9 Å². The molecule has 106 valence electrons. The number of anilines is 1. The summed E-state index contributed by atoms with van der Waals surface area (Å²) in [5.41, 5.74) is 0.415. The van der Waals surface area contributed by atoms with Gasteiger partial charge in [-0.1, -0.05) is 0 Å². The molecule has 6 nitrogen and oxygen atoms in total. The third kappa shape index (κ3) is 4.48. The van der Waals surface area contributed by atoms with E-state index in [1.165, 1.54) is 6.20 Å². The minimum atomic E-state index is -0.427. The van der Waals surface area contributed by atoms with Gasteiger partial charge in [0.15, 0.2) is 0 Å². The number of hydrogen-bond acceptors (Lipinski definition) is 5. The maximum atomic E-state index is 10.7. The summed E-state index contributed by atoms with van der Waals surface area (Å²) in [7, 11) is 1.68. The van der Waals surface area contributed by atoms with Gasteiger partial charge >= 0.3 is 0 Å². The zero-order valence-electron chi connectivity index (χ0n) is 12.1. The molecule has 1 rings (SSSR count). The van der Waals surface area contributed by atoms with Crippen LogP contribution in [0.2, 0.25) is 0 Å². The van der Waals surface area contributed by atoms with Gasteiger partial charge in [-0.3, -0.25) is 10.1 Å². The summed E-state index contributed by atoms with van der Waals surface area (Å²) in [4.78, 5) is 14.3. The van der Waals surface area contributed by atoms with E-state index in [1.54, 1.807) is 20.1 Å². The highest BCUT2D eigenvalue weighted by molar-refractivity contribution is 5.47. The van der Waals surface area contributed by atoms with Crippen molar-refractivity contribution in [1.82, 2.24) is 4.98 Å². The Balaban J connectivity index is 2.73. The number of nitrogens with zero attached hydrogens (tertiary/aromatic N) is 2. The number of rotatable bonds is 6. The first-order chi connectivity index (χ1) is 8.75. The molecule has 1 aromatic heterocycles. The first kappa shape index (κ1) is 15.4. The van der Waals surface area contributed by atoms with Gasteiger partial charge in [-0.15, -0.1) is 0 Å². The van der Waals surface area contributed by atoms with Crippen molar-refractivity contribution >= 4 is 11.5 Å². The van der Waals surface area contributed by atoms with Gasteiger partial charge in [-0.05, 0) is 40.2 Å². The van der Waals surface area contributed by atoms with E-state index in [0.29, 0.717) is 11.4 Å². The number of methoxy groups -OCH3 is 1. The van der Waals surface area contributed by atoms with Crippen LogP contribution in [0.1, 0.15) is 32.8 Å². The van der Waals surface area contributed by atoms with E-state index in [0.717, 1.165) is 6.42 Å². The molecule has 0 aliphatic heterocycles. The monoisotopic (exact) mass is 267 g/mol. The van der Waals surface area contributed by atoms with Crippen LogP contribution in [0.15, 0.2) is 12.3 Å². The van der Waals surface area contributed by atoms with Crippen molar-refractivity contribution in [3.8, 4) is 0 Å². The summed E-state index contributed by atoms with van der Waals surface area (Å²) in [6.07, 6.45) is 2.09. The van der Waals surface area contributed by atoms with E-state index in [9.17, 15) is 10.1 Å². The molecular weight excluding hydrogens is 246 g/mol. The third-order valence-electron chi connectivity index (χ3n) is 3.02. The number of aromatic nitrogens is 1. The molecule has 6 heteroatoms. The van der Waals surface area contributed by atoms with Crippen LogP contribution in [-0.4, -0.2) is 28.7 Å². The van der Waals surface area contributed by atoms with Crippen molar-refractivity contribution in [3.63, 3.8) is 0 Å². The molecule has 1 atom stereocenters. The van der Waals surface area contributed by atoms with Gasteiger partial charge < -0.3 is 10.1 Å². The molecule has 1 unspecified atom stereocenters. The lowest BCUT2D eigenvalue weighted by atomic mass is 10.00. The summed E-state index contributed by atoms with van der Waals surface area (Å²) >= 11 is 0. The Kier molecular flexibility index (Phi) is 4.83. The molecule has 1 N–H and O–H groups in total. The highest BCUT2D eigenvalue weighted by Crippen LogP contribution is 2.21. The minimum Gasteiger partial charge on any atom is -0.379 e. The van der Waals surface area contributed by atoms with Crippen molar-refractivity contribution in [1.29, 1.82) is 0 Å². The maximum absolute atomic E-state index is 10.7. The Hall–Kier alpha value is -1.69. The Morgan fingerprint density at radius 2 is 2.21 bits per heavy atom. The molecule has 0 radical (unpaired) electrons. The fraction of sp³-hybridized carbons (Fsp3) is 0.615. The molecule has 1 aromatic rings. The lowest BCUT2D eigenvalue weighted by molar-refractivity contribution is -0.385. The second-order valence-corrected chi connectivity index (χ2v) is 5.33. The molecule has 0 saturated carbocycles. The third-order valence-corrected chi connectivity index (χ3v) is 3.02. The van der Waals surface area contributed by atoms with Gasteiger partial charge in [0, 0.05) is 18.7 Å². The Morgan fingerprint density at radius 1 is 1.58 bits per heavy atom. The van der Waals surface area contributed by atoms with Gasteiger partial charge in [0.2, 0.25) is 0 Å². The number of nitro groups is 1. The fourth-order valence-corrected chi connectivity index (χ4v) is 1.94. The van der Waals surface area contributed by atoms with Crippen LogP contribution in [0.25, 0.3) is 0 Å². The number of pyridine rings is 1. The Morgan fingerprint density at radius 3 is 2.68 bits per heavy atom. The first-order valence-electron chi connectivity index (χ1n) is 6.18. The topological polar surface area (TPSA) is 77.3 Å². The van der Waals surface area contributed by atoms with Crippen LogP contribution in [0.5, 0.6) is 0 Å². The largest absolute Gasteiger partial charge is 0.379 e. The highest BCUT2D eigenvalue weighted by atomic mass is 16.6. The minimum absolute atomic E-state index is 0.0374. The van der Waals surface area contributed by atoms with E-state index in [1.807, 2.05) is 20.8 Å². The van der Waals surface area contributed by atoms with Gasteiger partial charge in [-0.25, -0.2) is 4.98 Å². The van der Waals surface area contributed by atoms with Crippen molar-refractivity contribution in [2.45, 2.75) is 45.8 Å². The van der Waals surface area contributed by atoms with Crippen LogP contribution in [0.3, 0.4) is 0 Å². The second kappa shape index (κ2) is 5.97. The zero-order valence-corrected chi connectivity index (χ0v) is 12.1. The fourth-order valence-electron chi connectivity index (χ4n) is 1.94. The summed E-state index contributed by atoms with van der Waals surface area (Å²) in [6.45, 7) is 7.76. The molecular formula is C13H21N3O3. The van der Waals surface area contributed by atoms with Gasteiger partial charge in [0.05, 0.1) is 10.5 Å². The molecule has 0 bridgehead atoms. The summed E-state index contributed by atoms with van der Waals surface area (Å²) in [6, 6.07) is 1.84. The van der Waals surface area contributed by atoms with Crippen molar-refractivity contribution in [2.75, 3.05) is 12.4 Å². The molecule has 19 heavy (non-hydrogen) atoms. The lowest BCUT2D eigenvalue weighted by Gasteiger charge is -2.27. The molecule has 0 fully saturated rings. The smallest absolute Gasteiger partial charge is 0.290 e. The van der Waals surface area contributed by atoms with Gasteiger partial charge in [-0.2, -0.15) is 0 Å². The number of aryl methyl sites for hydroxylation is 1. The second-order valence-electron chi connectivity index (χ2n) is 5.33. The number of hydrogen-bond donors (Lipinski definition) is 1. The first-order valence-corrected chi connectivity index (χ1v) is 6.18. The predicted octanol–water partition coefficient (Wildman–Crippen LogP) is 2.91. The van der Waals surface area contributed by atoms with E-state index in [4.69, 9.17) is 4.74 Å². The molecule has 0 spiro atoms. The van der Waals surface area contributed by atoms with E-state index in [2.05, 4.69) is 10.3 Å².